The molecule has 1 fully saturated rings. The lowest BCUT2D eigenvalue weighted by Gasteiger charge is -2.16. The molecule has 21 heavy (non-hydrogen) atoms. The molecule has 2 heterocycles. The summed E-state index contributed by atoms with van der Waals surface area (Å²) in [5.41, 5.74) is 1.79. The topological polar surface area (TPSA) is 58.0 Å². The summed E-state index contributed by atoms with van der Waals surface area (Å²) in [5.74, 6) is 1.00. The first-order valence-electron chi connectivity index (χ1n) is 7.91. The van der Waals surface area contributed by atoms with E-state index in [9.17, 15) is 5.11 Å². The fourth-order valence-electron chi connectivity index (χ4n) is 3.42. The molecule has 112 valence electrons. The van der Waals surface area contributed by atoms with Gasteiger partial charge in [0.1, 0.15) is 17.0 Å². The number of nitrogens with one attached hydrogen (secondary N) is 1. The molecule has 0 unspecified atom stereocenters. The molecule has 0 spiro atoms. The van der Waals surface area contributed by atoms with Crippen molar-refractivity contribution in [3.05, 3.63) is 16.8 Å². The Kier molecular flexibility index (Phi) is 3.34. The molecule has 2 aromatic heterocycles. The van der Waals surface area contributed by atoms with Gasteiger partial charge in [-0.05, 0) is 55.9 Å². The van der Waals surface area contributed by atoms with Gasteiger partial charge in [-0.3, -0.25) is 0 Å². The van der Waals surface area contributed by atoms with E-state index >= 15 is 0 Å². The zero-order chi connectivity index (χ0) is 14.3. The van der Waals surface area contributed by atoms with E-state index in [2.05, 4.69) is 15.3 Å². The highest BCUT2D eigenvalue weighted by Gasteiger charge is 2.41. The van der Waals surface area contributed by atoms with E-state index in [4.69, 9.17) is 0 Å². The third-order valence-corrected chi connectivity index (χ3v) is 6.18. The summed E-state index contributed by atoms with van der Waals surface area (Å²) in [6, 6.07) is 0. The second kappa shape index (κ2) is 5.21. The van der Waals surface area contributed by atoms with Gasteiger partial charge < -0.3 is 10.4 Å². The highest BCUT2D eigenvalue weighted by molar-refractivity contribution is 7.19. The van der Waals surface area contributed by atoms with Crippen molar-refractivity contribution in [2.75, 3.05) is 18.5 Å². The number of hydrogen-bond donors (Lipinski definition) is 2. The Hall–Kier alpha value is -1.20. The van der Waals surface area contributed by atoms with Crippen LogP contribution in [-0.4, -0.2) is 28.2 Å². The molecule has 4 nitrogen and oxygen atoms in total. The summed E-state index contributed by atoms with van der Waals surface area (Å²) in [7, 11) is 0. The van der Waals surface area contributed by atoms with Crippen LogP contribution in [0, 0.1) is 5.41 Å². The molecule has 2 aliphatic rings. The zero-order valence-corrected chi connectivity index (χ0v) is 13.0. The van der Waals surface area contributed by atoms with Crippen LogP contribution in [0.2, 0.25) is 0 Å². The van der Waals surface area contributed by atoms with Gasteiger partial charge in [0.25, 0.3) is 0 Å². The van der Waals surface area contributed by atoms with Crippen LogP contribution in [-0.2, 0) is 12.8 Å². The van der Waals surface area contributed by atoms with Crippen molar-refractivity contribution in [1.29, 1.82) is 0 Å². The molecule has 2 N–H and O–H groups in total. The maximum Gasteiger partial charge on any atom is 0.138 e. The lowest BCUT2D eigenvalue weighted by Crippen LogP contribution is -2.17. The number of thiophene rings is 1. The van der Waals surface area contributed by atoms with Gasteiger partial charge in [-0.1, -0.05) is 0 Å². The number of anilines is 1. The molecule has 0 bridgehead atoms. The summed E-state index contributed by atoms with van der Waals surface area (Å²) < 4.78 is 0. The molecular weight excluding hydrogens is 282 g/mol. The predicted octanol–water partition coefficient (Wildman–Crippen LogP) is 3.14. The van der Waals surface area contributed by atoms with E-state index in [-0.39, 0.29) is 6.61 Å². The second-order valence-corrected chi connectivity index (χ2v) is 7.52. The Morgan fingerprint density at radius 3 is 2.90 bits per heavy atom. The molecule has 4 rings (SSSR count). The highest BCUT2D eigenvalue weighted by Crippen LogP contribution is 2.49. The van der Waals surface area contributed by atoms with Crippen LogP contribution < -0.4 is 5.32 Å². The molecule has 5 heteroatoms. The molecule has 0 atom stereocenters. The number of aliphatic hydroxyl groups is 1. The fraction of sp³-hybridized carbons (Fsp3) is 0.625. The van der Waals surface area contributed by atoms with Crippen molar-refractivity contribution in [3.63, 3.8) is 0 Å². The van der Waals surface area contributed by atoms with E-state index in [0.717, 1.165) is 23.6 Å². The quantitative estimate of drug-likeness (QED) is 0.891. The first kappa shape index (κ1) is 13.5. The molecule has 2 aromatic rings. The van der Waals surface area contributed by atoms with Crippen LogP contribution in [0.5, 0.6) is 0 Å². The monoisotopic (exact) mass is 303 g/mol. The van der Waals surface area contributed by atoms with E-state index in [1.807, 2.05) is 11.3 Å². The smallest absolute Gasteiger partial charge is 0.138 e. The van der Waals surface area contributed by atoms with Gasteiger partial charge in [-0.2, -0.15) is 0 Å². The Balaban J connectivity index is 1.64. The number of nitrogens with zero attached hydrogens (tertiary/aromatic N) is 2. The number of aliphatic hydroxyl groups excluding tert-OH is 1. The van der Waals surface area contributed by atoms with Crippen LogP contribution in [0.25, 0.3) is 10.2 Å². The Morgan fingerprint density at radius 2 is 2.10 bits per heavy atom. The Bertz CT molecular complexity index is 663. The molecule has 0 saturated heterocycles. The van der Waals surface area contributed by atoms with Crippen molar-refractivity contribution in [3.8, 4) is 0 Å². The maximum absolute atomic E-state index is 9.18. The summed E-state index contributed by atoms with van der Waals surface area (Å²) >= 11 is 1.84. The van der Waals surface area contributed by atoms with Gasteiger partial charge in [0.2, 0.25) is 0 Å². The number of aromatic nitrogens is 2. The molecular formula is C16H21N3OS. The van der Waals surface area contributed by atoms with E-state index in [1.165, 1.54) is 54.4 Å². The SMILES string of the molecule is OCCC1(CNc2ncnc3sc4c(c23)CCCC4)CC1. The van der Waals surface area contributed by atoms with Gasteiger partial charge in [0, 0.05) is 18.0 Å². The van der Waals surface area contributed by atoms with Gasteiger partial charge in [0.05, 0.1) is 5.39 Å². The molecule has 2 aliphatic carbocycles. The number of aryl methyl sites for hydroxylation is 2. The first-order valence-corrected chi connectivity index (χ1v) is 8.73. The number of fused-ring (bicyclic) bond motifs is 3. The lowest BCUT2D eigenvalue weighted by molar-refractivity contribution is 0.253. The average molecular weight is 303 g/mol. The minimum Gasteiger partial charge on any atom is -0.396 e. The minimum absolute atomic E-state index is 0.286. The number of hydrogen-bond acceptors (Lipinski definition) is 5. The largest absolute Gasteiger partial charge is 0.396 e. The lowest BCUT2D eigenvalue weighted by atomic mass is 9.97. The third kappa shape index (κ3) is 2.42. The van der Waals surface area contributed by atoms with Crippen LogP contribution in [0.4, 0.5) is 5.82 Å². The summed E-state index contributed by atoms with van der Waals surface area (Å²) in [4.78, 5) is 11.6. The maximum atomic E-state index is 9.18. The first-order chi connectivity index (χ1) is 10.3. The third-order valence-electron chi connectivity index (χ3n) is 4.98. The number of rotatable bonds is 5. The standard InChI is InChI=1S/C16H21N3OS/c20-8-7-16(5-6-16)9-17-14-13-11-3-1-2-4-12(11)21-15(13)19-10-18-14/h10,20H,1-9H2,(H,17,18,19). The highest BCUT2D eigenvalue weighted by atomic mass is 32.1. The molecule has 0 amide bonds. The van der Waals surface area contributed by atoms with Gasteiger partial charge in [0.15, 0.2) is 0 Å². The second-order valence-electron chi connectivity index (χ2n) is 6.44. The predicted molar refractivity (Wildman–Crippen MR) is 85.9 cm³/mol. The van der Waals surface area contributed by atoms with E-state index < -0.39 is 0 Å². The summed E-state index contributed by atoms with van der Waals surface area (Å²) in [5, 5.41) is 14.0. The van der Waals surface area contributed by atoms with Crippen LogP contribution in [0.1, 0.15) is 42.5 Å². The minimum atomic E-state index is 0.286. The van der Waals surface area contributed by atoms with Crippen molar-refractivity contribution >= 4 is 27.4 Å². The van der Waals surface area contributed by atoms with Crippen molar-refractivity contribution < 1.29 is 5.11 Å². The van der Waals surface area contributed by atoms with Gasteiger partial charge in [-0.25, -0.2) is 9.97 Å². The molecule has 0 aliphatic heterocycles. The summed E-state index contributed by atoms with van der Waals surface area (Å²) in [6.45, 7) is 1.21. The van der Waals surface area contributed by atoms with E-state index in [0.29, 0.717) is 5.41 Å². The molecule has 0 aromatic carbocycles. The average Bonchev–Trinajstić information content (AvgIpc) is 3.16. The fourth-order valence-corrected chi connectivity index (χ4v) is 4.65. The van der Waals surface area contributed by atoms with Gasteiger partial charge >= 0.3 is 0 Å². The van der Waals surface area contributed by atoms with Crippen molar-refractivity contribution in [2.24, 2.45) is 5.41 Å². The normalized spacial score (nSPS) is 19.5. The van der Waals surface area contributed by atoms with Gasteiger partial charge in [-0.15, -0.1) is 11.3 Å². The summed E-state index contributed by atoms with van der Waals surface area (Å²) in [6.07, 6.45) is 9.96. The Labute approximate surface area is 128 Å². The van der Waals surface area contributed by atoms with Crippen LogP contribution in [0.15, 0.2) is 6.33 Å². The van der Waals surface area contributed by atoms with E-state index in [1.54, 1.807) is 6.33 Å². The van der Waals surface area contributed by atoms with Crippen molar-refractivity contribution in [1.82, 2.24) is 9.97 Å². The molecule has 1 saturated carbocycles. The van der Waals surface area contributed by atoms with Crippen molar-refractivity contribution in [2.45, 2.75) is 44.9 Å². The zero-order valence-electron chi connectivity index (χ0n) is 12.2. The van der Waals surface area contributed by atoms with Crippen LogP contribution >= 0.6 is 11.3 Å². The Morgan fingerprint density at radius 1 is 1.24 bits per heavy atom. The van der Waals surface area contributed by atoms with Crippen LogP contribution in [0.3, 0.4) is 0 Å². The molecule has 0 radical (unpaired) electrons.